The van der Waals surface area contributed by atoms with Gasteiger partial charge in [-0.05, 0) is 31.2 Å². The molecule has 2 rings (SSSR count). The highest BCUT2D eigenvalue weighted by Gasteiger charge is 2.24. The van der Waals surface area contributed by atoms with Crippen LogP contribution in [0.2, 0.25) is 0 Å². The van der Waals surface area contributed by atoms with E-state index in [1.807, 2.05) is 30.3 Å². The van der Waals surface area contributed by atoms with Gasteiger partial charge in [-0.2, -0.15) is 0 Å². The van der Waals surface area contributed by atoms with Crippen molar-refractivity contribution in [2.24, 2.45) is 0 Å². The maximum absolute atomic E-state index is 12.3. The molecule has 3 N–H and O–H groups in total. The topological polar surface area (TPSA) is 89.9 Å². The van der Waals surface area contributed by atoms with Crippen molar-refractivity contribution in [2.45, 2.75) is 44.2 Å². The molecular weight excluding hydrogens is 296 g/mol. The van der Waals surface area contributed by atoms with Gasteiger partial charge in [0.2, 0.25) is 0 Å². The van der Waals surface area contributed by atoms with Crippen LogP contribution in [-0.2, 0) is 11.2 Å². The van der Waals surface area contributed by atoms with Crippen molar-refractivity contribution < 1.29 is 19.8 Å². The van der Waals surface area contributed by atoms with E-state index in [9.17, 15) is 14.7 Å². The average molecular weight is 320 g/mol. The lowest BCUT2D eigenvalue weighted by atomic mass is 10.0. The fourth-order valence-electron chi connectivity index (χ4n) is 2.83. The van der Waals surface area contributed by atoms with E-state index >= 15 is 0 Å². The maximum Gasteiger partial charge on any atom is 0.317 e. The van der Waals surface area contributed by atoms with Crippen LogP contribution in [0.15, 0.2) is 30.3 Å². The molecular formula is C17H24N2O4. The van der Waals surface area contributed by atoms with E-state index in [4.69, 9.17) is 5.11 Å². The molecule has 0 aromatic heterocycles. The summed E-state index contributed by atoms with van der Waals surface area (Å²) < 4.78 is 0. The molecule has 23 heavy (non-hydrogen) atoms. The van der Waals surface area contributed by atoms with Gasteiger partial charge in [0.1, 0.15) is 0 Å². The number of hydrogen-bond donors (Lipinski definition) is 3. The number of amides is 2. The van der Waals surface area contributed by atoms with E-state index in [1.165, 1.54) is 0 Å². The first kappa shape index (κ1) is 17.3. The summed E-state index contributed by atoms with van der Waals surface area (Å²) in [5.41, 5.74) is 1.06. The molecule has 0 radical (unpaired) electrons. The molecule has 1 aliphatic rings. The van der Waals surface area contributed by atoms with Crippen molar-refractivity contribution in [3.05, 3.63) is 35.9 Å². The predicted molar refractivity (Wildman–Crippen MR) is 86.1 cm³/mol. The van der Waals surface area contributed by atoms with Gasteiger partial charge in [-0.25, -0.2) is 4.79 Å². The molecule has 0 bridgehead atoms. The van der Waals surface area contributed by atoms with Crippen molar-refractivity contribution in [3.63, 3.8) is 0 Å². The predicted octanol–water partition coefficient (Wildman–Crippen LogP) is 1.63. The van der Waals surface area contributed by atoms with Crippen LogP contribution in [0.5, 0.6) is 0 Å². The number of piperidine rings is 1. The molecule has 1 aromatic rings. The van der Waals surface area contributed by atoms with Crippen molar-refractivity contribution in [1.29, 1.82) is 0 Å². The van der Waals surface area contributed by atoms with Gasteiger partial charge in [-0.1, -0.05) is 30.3 Å². The van der Waals surface area contributed by atoms with E-state index in [0.29, 0.717) is 25.9 Å². The molecule has 1 aromatic carbocycles. The Hall–Kier alpha value is -2.08. The normalized spacial score (nSPS) is 19.2. The van der Waals surface area contributed by atoms with Gasteiger partial charge in [0, 0.05) is 25.6 Å². The molecule has 0 spiro atoms. The quantitative estimate of drug-likeness (QED) is 0.743. The van der Waals surface area contributed by atoms with Crippen molar-refractivity contribution >= 4 is 12.0 Å². The highest BCUT2D eigenvalue weighted by Crippen LogP contribution is 2.12. The number of rotatable bonds is 6. The summed E-state index contributed by atoms with van der Waals surface area (Å²) in [5.74, 6) is -0.870. The number of aliphatic hydroxyl groups is 1. The molecule has 2 amide bonds. The Kier molecular flexibility index (Phi) is 6.40. The number of carbonyl (C=O) groups excluding carboxylic acids is 1. The number of β-amino-alcohol motifs (C(OH)–C–C–N with tert-alkyl or cyclic N) is 1. The highest BCUT2D eigenvalue weighted by atomic mass is 16.4. The number of carboxylic acids is 1. The minimum atomic E-state index is -0.870. The first-order valence-corrected chi connectivity index (χ1v) is 8.04. The summed E-state index contributed by atoms with van der Waals surface area (Å²) in [6, 6.07) is 9.23. The second-order valence-electron chi connectivity index (χ2n) is 6.01. The van der Waals surface area contributed by atoms with Gasteiger partial charge in [-0.3, -0.25) is 4.79 Å². The zero-order chi connectivity index (χ0) is 16.7. The van der Waals surface area contributed by atoms with Crippen molar-refractivity contribution in [1.82, 2.24) is 10.2 Å². The summed E-state index contributed by atoms with van der Waals surface area (Å²) in [6.45, 7) is 0.961. The van der Waals surface area contributed by atoms with E-state index in [-0.39, 0.29) is 18.5 Å². The number of carbonyl (C=O) groups is 2. The molecule has 0 saturated carbocycles. The lowest BCUT2D eigenvalue weighted by Gasteiger charge is -2.31. The van der Waals surface area contributed by atoms with Crippen LogP contribution in [0.1, 0.15) is 31.2 Å². The van der Waals surface area contributed by atoms with Crippen molar-refractivity contribution in [2.75, 3.05) is 13.1 Å². The van der Waals surface area contributed by atoms with Gasteiger partial charge in [0.25, 0.3) is 0 Å². The molecule has 6 heteroatoms. The largest absolute Gasteiger partial charge is 0.481 e. The minimum Gasteiger partial charge on any atom is -0.481 e. The number of carboxylic acid groups (broad SMARTS) is 1. The summed E-state index contributed by atoms with van der Waals surface area (Å²) in [4.78, 5) is 24.8. The monoisotopic (exact) mass is 320 g/mol. The molecule has 6 nitrogen and oxygen atoms in total. The molecule has 0 aliphatic carbocycles. The first-order chi connectivity index (χ1) is 11.0. The lowest BCUT2D eigenvalue weighted by Crippen LogP contribution is -2.50. The number of hydrogen-bond acceptors (Lipinski definition) is 3. The molecule has 1 heterocycles. The number of nitrogens with one attached hydrogen (secondary N) is 1. The molecule has 1 saturated heterocycles. The van der Waals surface area contributed by atoms with Gasteiger partial charge >= 0.3 is 12.0 Å². The highest BCUT2D eigenvalue weighted by molar-refractivity contribution is 5.75. The molecule has 2 atom stereocenters. The van der Waals surface area contributed by atoms with Crippen LogP contribution >= 0.6 is 0 Å². The molecule has 126 valence electrons. The Labute approximate surface area is 136 Å². The zero-order valence-electron chi connectivity index (χ0n) is 13.1. The third-order valence-corrected chi connectivity index (χ3v) is 4.04. The van der Waals surface area contributed by atoms with E-state index in [1.54, 1.807) is 4.90 Å². The summed E-state index contributed by atoms with van der Waals surface area (Å²) in [7, 11) is 0. The maximum atomic E-state index is 12.3. The van der Waals surface area contributed by atoms with E-state index in [2.05, 4.69) is 5.32 Å². The number of aliphatic carboxylic acids is 1. The zero-order valence-corrected chi connectivity index (χ0v) is 13.1. The van der Waals surface area contributed by atoms with Crippen LogP contribution in [0.3, 0.4) is 0 Å². The molecule has 1 fully saturated rings. The Morgan fingerprint density at radius 2 is 2.04 bits per heavy atom. The Morgan fingerprint density at radius 1 is 1.30 bits per heavy atom. The summed E-state index contributed by atoms with van der Waals surface area (Å²) >= 11 is 0. The number of likely N-dealkylation sites (tertiary alicyclic amines) is 1. The van der Waals surface area contributed by atoms with Crippen LogP contribution < -0.4 is 5.32 Å². The molecule has 1 aliphatic heterocycles. The van der Waals surface area contributed by atoms with Crippen LogP contribution in [0.25, 0.3) is 0 Å². The first-order valence-electron chi connectivity index (χ1n) is 8.04. The minimum absolute atomic E-state index is 0.0143. The summed E-state index contributed by atoms with van der Waals surface area (Å²) in [5, 5.41) is 21.5. The second kappa shape index (κ2) is 8.53. The van der Waals surface area contributed by atoms with Crippen molar-refractivity contribution in [3.8, 4) is 0 Å². The number of aliphatic hydroxyl groups excluding tert-OH is 1. The summed E-state index contributed by atoms with van der Waals surface area (Å²) in [6.07, 6.45) is 2.02. The van der Waals surface area contributed by atoms with Gasteiger partial charge in [-0.15, -0.1) is 0 Å². The van der Waals surface area contributed by atoms with E-state index < -0.39 is 12.1 Å². The lowest BCUT2D eigenvalue weighted by molar-refractivity contribution is -0.137. The number of nitrogens with zero attached hydrogens (tertiary/aromatic N) is 1. The standard InChI is InChI=1S/C17H24N2O4/c20-15-7-4-10-19(12-15)17(23)18-14(8-9-16(21)22)11-13-5-2-1-3-6-13/h1-3,5-6,14-15,20H,4,7-12H2,(H,18,23)(H,21,22). The Balaban J connectivity index is 1.95. The smallest absolute Gasteiger partial charge is 0.317 e. The van der Waals surface area contributed by atoms with Crippen LogP contribution in [0, 0.1) is 0 Å². The SMILES string of the molecule is O=C(O)CCC(Cc1ccccc1)NC(=O)N1CCCC(O)C1. The van der Waals surface area contributed by atoms with Gasteiger partial charge in [0.15, 0.2) is 0 Å². The van der Waals surface area contributed by atoms with Crippen LogP contribution in [-0.4, -0.2) is 52.3 Å². The third kappa shape index (κ3) is 5.90. The molecule has 2 unspecified atom stereocenters. The number of benzene rings is 1. The Bertz CT molecular complexity index is 521. The van der Waals surface area contributed by atoms with Gasteiger partial charge in [0.05, 0.1) is 6.10 Å². The fraction of sp³-hybridized carbons (Fsp3) is 0.529. The van der Waals surface area contributed by atoms with E-state index in [0.717, 1.165) is 18.4 Å². The number of urea groups is 1. The average Bonchev–Trinajstić information content (AvgIpc) is 2.53. The van der Waals surface area contributed by atoms with Gasteiger partial charge < -0.3 is 20.4 Å². The third-order valence-electron chi connectivity index (χ3n) is 4.04. The Morgan fingerprint density at radius 3 is 2.70 bits per heavy atom. The fourth-order valence-corrected chi connectivity index (χ4v) is 2.83. The van der Waals surface area contributed by atoms with Crippen LogP contribution in [0.4, 0.5) is 4.79 Å². The second-order valence-corrected chi connectivity index (χ2v) is 6.01.